The van der Waals surface area contributed by atoms with Crippen LogP contribution in [0.25, 0.3) is 10.9 Å². The van der Waals surface area contributed by atoms with Gasteiger partial charge in [-0.2, -0.15) is 0 Å². The molecule has 98 valence electrons. The molecule has 2 rings (SSSR count). The van der Waals surface area contributed by atoms with E-state index in [2.05, 4.69) is 40.7 Å². The van der Waals surface area contributed by atoms with Gasteiger partial charge >= 0.3 is 0 Å². The highest BCUT2D eigenvalue weighted by molar-refractivity contribution is 8.11. The van der Waals surface area contributed by atoms with Crippen LogP contribution in [0, 0.1) is 5.82 Å². The Labute approximate surface area is 119 Å². The highest BCUT2D eigenvalue weighted by Crippen LogP contribution is 2.17. The number of amides is 1. The fourth-order valence-corrected chi connectivity index (χ4v) is 1.72. The van der Waals surface area contributed by atoms with Crippen LogP contribution in [-0.4, -0.2) is 15.2 Å². The number of hydrogen-bond acceptors (Lipinski definition) is 3. The SMILES string of the molecule is O=C(Cc1cc2cccnc2cc1F)NNC(=S)S. The molecule has 0 unspecified atom stereocenters. The van der Waals surface area contributed by atoms with Crippen molar-refractivity contribution in [1.82, 2.24) is 15.8 Å². The van der Waals surface area contributed by atoms with Crippen molar-refractivity contribution in [3.05, 3.63) is 41.8 Å². The summed E-state index contributed by atoms with van der Waals surface area (Å²) in [6.45, 7) is 0. The van der Waals surface area contributed by atoms with E-state index in [9.17, 15) is 9.18 Å². The predicted octanol–water partition coefficient (Wildman–Crippen LogP) is 1.75. The first-order valence-electron chi connectivity index (χ1n) is 5.37. The molecule has 7 heteroatoms. The number of aromatic nitrogens is 1. The first-order valence-corrected chi connectivity index (χ1v) is 6.23. The number of rotatable bonds is 2. The van der Waals surface area contributed by atoms with Crippen LogP contribution < -0.4 is 10.9 Å². The maximum atomic E-state index is 13.8. The number of halogens is 1. The summed E-state index contributed by atoms with van der Waals surface area (Å²) in [5.74, 6) is -0.867. The molecule has 1 amide bonds. The van der Waals surface area contributed by atoms with Crippen LogP contribution in [0.3, 0.4) is 0 Å². The van der Waals surface area contributed by atoms with Gasteiger partial charge in [-0.3, -0.25) is 20.6 Å². The Kier molecular flexibility index (Phi) is 4.28. The van der Waals surface area contributed by atoms with Crippen LogP contribution in [0.1, 0.15) is 5.56 Å². The lowest BCUT2D eigenvalue weighted by Gasteiger charge is -2.07. The van der Waals surface area contributed by atoms with E-state index in [4.69, 9.17) is 0 Å². The van der Waals surface area contributed by atoms with Crippen molar-refractivity contribution in [2.45, 2.75) is 6.42 Å². The standard InChI is InChI=1S/C12H10FN3OS2/c13-9-6-10-7(2-1-3-14-10)4-8(9)5-11(17)15-16-12(18)19/h1-4,6H,5H2,(H,15,17)(H2,16,18,19). The van der Waals surface area contributed by atoms with Gasteiger partial charge in [0.1, 0.15) is 10.1 Å². The van der Waals surface area contributed by atoms with E-state index in [-0.39, 0.29) is 10.7 Å². The summed E-state index contributed by atoms with van der Waals surface area (Å²) in [4.78, 5) is 15.6. The van der Waals surface area contributed by atoms with E-state index < -0.39 is 11.7 Å². The predicted molar refractivity (Wildman–Crippen MR) is 78.3 cm³/mol. The molecule has 0 aliphatic carbocycles. The first kappa shape index (κ1) is 13.7. The third-order valence-electron chi connectivity index (χ3n) is 2.43. The van der Waals surface area contributed by atoms with Gasteiger partial charge in [0.2, 0.25) is 5.91 Å². The molecule has 2 N–H and O–H groups in total. The minimum atomic E-state index is -0.463. The Bertz CT molecular complexity index is 648. The molecule has 0 radical (unpaired) electrons. The van der Waals surface area contributed by atoms with Crippen molar-refractivity contribution >= 4 is 46.0 Å². The van der Waals surface area contributed by atoms with Crippen molar-refractivity contribution in [1.29, 1.82) is 0 Å². The molecule has 0 bridgehead atoms. The zero-order chi connectivity index (χ0) is 13.8. The van der Waals surface area contributed by atoms with E-state index in [1.807, 2.05) is 6.07 Å². The number of fused-ring (bicyclic) bond motifs is 1. The molecule has 0 fully saturated rings. The summed E-state index contributed by atoms with van der Waals surface area (Å²) in [5.41, 5.74) is 5.55. The number of nitrogens with one attached hydrogen (secondary N) is 2. The molecule has 0 atom stereocenters. The quantitative estimate of drug-likeness (QED) is 0.449. The molecule has 1 aromatic heterocycles. The molecule has 0 aliphatic heterocycles. The average molecular weight is 295 g/mol. The molecule has 2 aromatic rings. The van der Waals surface area contributed by atoms with Gasteiger partial charge in [-0.05, 0) is 17.7 Å². The lowest BCUT2D eigenvalue weighted by Crippen LogP contribution is -2.39. The fourth-order valence-electron chi connectivity index (χ4n) is 1.62. The summed E-state index contributed by atoms with van der Waals surface area (Å²) < 4.78 is 13.9. The highest BCUT2D eigenvalue weighted by Gasteiger charge is 2.10. The zero-order valence-corrected chi connectivity index (χ0v) is 11.4. The minimum absolute atomic E-state index is 0.0972. The summed E-state index contributed by atoms with van der Waals surface area (Å²) in [6.07, 6.45) is 1.49. The van der Waals surface area contributed by atoms with Gasteiger partial charge < -0.3 is 0 Å². The van der Waals surface area contributed by atoms with E-state index in [1.165, 1.54) is 6.07 Å². The zero-order valence-electron chi connectivity index (χ0n) is 9.68. The molecule has 19 heavy (non-hydrogen) atoms. The monoisotopic (exact) mass is 295 g/mol. The average Bonchev–Trinajstić information content (AvgIpc) is 2.37. The van der Waals surface area contributed by atoms with Crippen LogP contribution in [0.2, 0.25) is 0 Å². The summed E-state index contributed by atoms with van der Waals surface area (Å²) >= 11 is 8.41. The summed E-state index contributed by atoms with van der Waals surface area (Å²) in [5, 5.41) is 0.782. The van der Waals surface area contributed by atoms with Gasteiger partial charge in [0.15, 0.2) is 0 Å². The molecule has 0 aliphatic rings. The van der Waals surface area contributed by atoms with Crippen LogP contribution >= 0.6 is 24.8 Å². The van der Waals surface area contributed by atoms with Crippen molar-refractivity contribution in [2.75, 3.05) is 0 Å². The number of thiol groups is 1. The summed E-state index contributed by atoms with van der Waals surface area (Å²) in [7, 11) is 0. The number of hydrogen-bond donors (Lipinski definition) is 3. The normalized spacial score (nSPS) is 10.2. The van der Waals surface area contributed by atoms with E-state index in [0.717, 1.165) is 5.39 Å². The van der Waals surface area contributed by atoms with E-state index in [0.29, 0.717) is 11.1 Å². The lowest BCUT2D eigenvalue weighted by molar-refractivity contribution is -0.121. The number of hydrazine groups is 1. The third-order valence-corrected chi connectivity index (χ3v) is 2.64. The van der Waals surface area contributed by atoms with Crippen molar-refractivity contribution in [3.8, 4) is 0 Å². The van der Waals surface area contributed by atoms with E-state index >= 15 is 0 Å². The number of carbonyl (C=O) groups excluding carboxylic acids is 1. The Morgan fingerprint density at radius 1 is 1.42 bits per heavy atom. The number of pyridine rings is 1. The van der Waals surface area contributed by atoms with Gasteiger partial charge in [-0.25, -0.2) is 4.39 Å². The molecule has 0 spiro atoms. The van der Waals surface area contributed by atoms with Crippen LogP contribution in [0.5, 0.6) is 0 Å². The Morgan fingerprint density at radius 2 is 2.21 bits per heavy atom. The van der Waals surface area contributed by atoms with Gasteiger partial charge in [0, 0.05) is 17.6 Å². The molecule has 0 saturated heterocycles. The summed E-state index contributed by atoms with van der Waals surface area (Å²) in [6, 6.07) is 6.49. The number of carbonyl (C=O) groups is 1. The Morgan fingerprint density at radius 3 is 2.95 bits per heavy atom. The maximum absolute atomic E-state index is 13.8. The highest BCUT2D eigenvalue weighted by atomic mass is 32.1. The van der Waals surface area contributed by atoms with Gasteiger partial charge in [0.25, 0.3) is 0 Å². The van der Waals surface area contributed by atoms with Crippen molar-refractivity contribution < 1.29 is 9.18 Å². The molecule has 1 heterocycles. The number of thiocarbonyl (C=S) groups is 1. The third kappa shape index (κ3) is 3.62. The van der Waals surface area contributed by atoms with Crippen LogP contribution in [0.15, 0.2) is 30.5 Å². The molecule has 1 aromatic carbocycles. The minimum Gasteiger partial charge on any atom is -0.283 e. The van der Waals surface area contributed by atoms with Gasteiger partial charge in [-0.15, -0.1) is 12.6 Å². The Hall–Kier alpha value is -1.73. The maximum Gasteiger partial charge on any atom is 0.242 e. The second-order valence-corrected chi connectivity index (χ2v) is 4.95. The molecule has 4 nitrogen and oxygen atoms in total. The van der Waals surface area contributed by atoms with E-state index in [1.54, 1.807) is 18.3 Å². The smallest absolute Gasteiger partial charge is 0.242 e. The number of benzene rings is 1. The van der Waals surface area contributed by atoms with Crippen molar-refractivity contribution in [2.24, 2.45) is 0 Å². The topological polar surface area (TPSA) is 54.0 Å². The Balaban J connectivity index is 2.18. The lowest BCUT2D eigenvalue weighted by atomic mass is 10.1. The molecule has 0 saturated carbocycles. The number of nitrogens with zero attached hydrogens (tertiary/aromatic N) is 1. The fraction of sp³-hybridized carbons (Fsp3) is 0.0833. The van der Waals surface area contributed by atoms with Crippen LogP contribution in [-0.2, 0) is 11.2 Å². The van der Waals surface area contributed by atoms with Gasteiger partial charge in [-0.1, -0.05) is 18.3 Å². The molecular weight excluding hydrogens is 285 g/mol. The largest absolute Gasteiger partial charge is 0.283 e. The molecular formula is C12H10FN3OS2. The van der Waals surface area contributed by atoms with Crippen LogP contribution in [0.4, 0.5) is 4.39 Å². The first-order chi connectivity index (χ1) is 9.06. The van der Waals surface area contributed by atoms with Gasteiger partial charge in [0.05, 0.1) is 11.9 Å². The van der Waals surface area contributed by atoms with Crippen molar-refractivity contribution in [3.63, 3.8) is 0 Å². The second kappa shape index (κ2) is 5.94. The second-order valence-electron chi connectivity index (χ2n) is 3.79.